The van der Waals surface area contributed by atoms with Crippen LogP contribution in [0.2, 0.25) is 0 Å². The maximum absolute atomic E-state index is 9.24. The van der Waals surface area contributed by atoms with Crippen LogP contribution in [0, 0.1) is 17.4 Å². The van der Waals surface area contributed by atoms with E-state index in [0.717, 1.165) is 38.3 Å². The van der Waals surface area contributed by atoms with Crippen LogP contribution < -0.4 is 4.90 Å². The average molecular weight is 230 g/mol. The van der Waals surface area contributed by atoms with E-state index in [4.69, 9.17) is 4.74 Å². The Kier molecular flexibility index (Phi) is 4.00. The van der Waals surface area contributed by atoms with Crippen LogP contribution in [0.3, 0.4) is 0 Å². The number of hydrogen-bond donors (Lipinski definition) is 0. The summed E-state index contributed by atoms with van der Waals surface area (Å²) in [6, 6.07) is 8.21. The first-order chi connectivity index (χ1) is 8.33. The number of rotatable bonds is 4. The van der Waals surface area contributed by atoms with E-state index < -0.39 is 0 Å². The Morgan fingerprint density at radius 2 is 2.41 bits per heavy atom. The fraction of sp³-hybridized carbons (Fsp3) is 0.500. The second-order valence-corrected chi connectivity index (χ2v) is 4.46. The number of benzene rings is 1. The molecule has 0 bridgehead atoms. The van der Waals surface area contributed by atoms with Crippen LogP contribution in [0.4, 0.5) is 5.69 Å². The van der Waals surface area contributed by atoms with Crippen LogP contribution in [-0.2, 0) is 11.2 Å². The van der Waals surface area contributed by atoms with E-state index in [2.05, 4.69) is 25.2 Å². The molecule has 1 fully saturated rings. The van der Waals surface area contributed by atoms with E-state index in [1.165, 1.54) is 5.56 Å². The number of anilines is 1. The lowest BCUT2D eigenvalue weighted by atomic mass is 10.1. The summed E-state index contributed by atoms with van der Waals surface area (Å²) in [6.07, 6.45) is 4.34. The van der Waals surface area contributed by atoms with Gasteiger partial charge in [0.25, 0.3) is 0 Å². The summed E-state index contributed by atoms with van der Waals surface area (Å²) in [6.45, 7) is 4.51. The molecule has 1 aromatic rings. The van der Waals surface area contributed by atoms with Gasteiger partial charge in [-0.2, -0.15) is 5.26 Å². The monoisotopic (exact) mass is 230 g/mol. The third-order valence-corrected chi connectivity index (χ3v) is 3.22. The van der Waals surface area contributed by atoms with Gasteiger partial charge >= 0.3 is 0 Å². The number of nitrogens with zero attached hydrogens (tertiary/aromatic N) is 2. The molecule has 0 aliphatic carbocycles. The lowest BCUT2D eigenvalue weighted by Gasteiger charge is -2.19. The van der Waals surface area contributed by atoms with E-state index in [-0.39, 0.29) is 0 Å². The van der Waals surface area contributed by atoms with E-state index in [1.54, 1.807) is 4.90 Å². The molecule has 17 heavy (non-hydrogen) atoms. The minimum Gasteiger partial charge on any atom is -0.381 e. The van der Waals surface area contributed by atoms with Crippen molar-refractivity contribution in [3.05, 3.63) is 29.8 Å². The molecule has 1 aromatic carbocycles. The summed E-state index contributed by atoms with van der Waals surface area (Å²) in [5.41, 5.74) is 2.27. The minimum absolute atomic E-state index is 0.486. The highest BCUT2D eigenvalue weighted by molar-refractivity contribution is 5.52. The molecule has 1 saturated heterocycles. The van der Waals surface area contributed by atoms with Crippen LogP contribution >= 0.6 is 0 Å². The molecular weight excluding hydrogens is 212 g/mol. The topological polar surface area (TPSA) is 36.3 Å². The molecule has 0 saturated carbocycles. The second kappa shape index (κ2) is 5.70. The maximum atomic E-state index is 9.24. The molecule has 2 rings (SSSR count). The van der Waals surface area contributed by atoms with Crippen molar-refractivity contribution < 1.29 is 4.74 Å². The Bertz CT molecular complexity index is 405. The zero-order chi connectivity index (χ0) is 12.1. The van der Waals surface area contributed by atoms with E-state index in [9.17, 15) is 5.26 Å². The summed E-state index contributed by atoms with van der Waals surface area (Å²) in [4.78, 5) is 1.78. The van der Waals surface area contributed by atoms with Gasteiger partial charge in [-0.15, -0.1) is 0 Å². The molecular formula is C14H18N2O. The summed E-state index contributed by atoms with van der Waals surface area (Å²) in [5, 5.41) is 9.24. The molecule has 3 heteroatoms. The van der Waals surface area contributed by atoms with Crippen molar-refractivity contribution in [2.75, 3.05) is 24.7 Å². The van der Waals surface area contributed by atoms with Crippen molar-refractivity contribution >= 4 is 5.69 Å². The minimum atomic E-state index is 0.486. The number of ether oxygens (including phenoxy) is 1. The standard InChI is InChI=1S/C14H18N2O/c1-2-12-4-3-5-14(8-12)16(11-15)9-13-6-7-17-10-13/h3-5,8,13H,2,6-7,9-10H2,1H3/t13-/m1/s1. The molecule has 0 spiro atoms. The largest absolute Gasteiger partial charge is 0.381 e. The quantitative estimate of drug-likeness (QED) is 0.589. The second-order valence-electron chi connectivity index (χ2n) is 4.46. The molecule has 0 N–H and O–H groups in total. The molecule has 0 unspecified atom stereocenters. The highest BCUT2D eigenvalue weighted by Gasteiger charge is 2.19. The average Bonchev–Trinajstić information content (AvgIpc) is 2.89. The van der Waals surface area contributed by atoms with Crippen molar-refractivity contribution in [2.45, 2.75) is 19.8 Å². The molecule has 90 valence electrons. The molecule has 0 amide bonds. The molecule has 1 aliphatic heterocycles. The molecule has 0 aromatic heterocycles. The molecule has 3 nitrogen and oxygen atoms in total. The van der Waals surface area contributed by atoms with E-state index in [0.29, 0.717) is 5.92 Å². The highest BCUT2D eigenvalue weighted by atomic mass is 16.5. The van der Waals surface area contributed by atoms with Crippen molar-refractivity contribution in [3.63, 3.8) is 0 Å². The predicted octanol–water partition coefficient (Wildman–Crippen LogP) is 2.57. The van der Waals surface area contributed by atoms with Crippen molar-refractivity contribution in [1.82, 2.24) is 0 Å². The summed E-state index contributed by atoms with van der Waals surface area (Å²) in [7, 11) is 0. The molecule has 1 atom stereocenters. The van der Waals surface area contributed by atoms with Crippen LogP contribution in [0.1, 0.15) is 18.9 Å². The van der Waals surface area contributed by atoms with Gasteiger partial charge < -0.3 is 4.74 Å². The van der Waals surface area contributed by atoms with Crippen LogP contribution in [0.25, 0.3) is 0 Å². The van der Waals surface area contributed by atoms with Gasteiger partial charge in [0.2, 0.25) is 0 Å². The maximum Gasteiger partial charge on any atom is 0.184 e. The van der Waals surface area contributed by atoms with Gasteiger partial charge in [-0.1, -0.05) is 19.1 Å². The van der Waals surface area contributed by atoms with Gasteiger partial charge in [-0.05, 0) is 30.5 Å². The molecule has 0 radical (unpaired) electrons. The predicted molar refractivity (Wildman–Crippen MR) is 67.7 cm³/mol. The Balaban J connectivity index is 2.08. The van der Waals surface area contributed by atoms with E-state index in [1.807, 2.05) is 12.1 Å². The number of hydrogen-bond acceptors (Lipinski definition) is 3. The third kappa shape index (κ3) is 2.98. The zero-order valence-electron chi connectivity index (χ0n) is 10.2. The fourth-order valence-electron chi connectivity index (χ4n) is 2.13. The summed E-state index contributed by atoms with van der Waals surface area (Å²) >= 11 is 0. The van der Waals surface area contributed by atoms with Crippen molar-refractivity contribution in [3.8, 4) is 6.19 Å². The van der Waals surface area contributed by atoms with Crippen molar-refractivity contribution in [1.29, 1.82) is 5.26 Å². The Morgan fingerprint density at radius 3 is 3.06 bits per heavy atom. The smallest absolute Gasteiger partial charge is 0.184 e. The SMILES string of the molecule is CCc1cccc(N(C#N)C[C@H]2CCOC2)c1. The van der Waals surface area contributed by atoms with Crippen LogP contribution in [0.5, 0.6) is 0 Å². The first-order valence-corrected chi connectivity index (χ1v) is 6.17. The van der Waals surface area contributed by atoms with Gasteiger partial charge in [0.1, 0.15) is 0 Å². The van der Waals surface area contributed by atoms with Crippen molar-refractivity contribution in [2.24, 2.45) is 5.92 Å². The fourth-order valence-corrected chi connectivity index (χ4v) is 2.13. The van der Waals surface area contributed by atoms with Gasteiger partial charge in [0.15, 0.2) is 6.19 Å². The van der Waals surface area contributed by atoms with Crippen LogP contribution in [0.15, 0.2) is 24.3 Å². The van der Waals surface area contributed by atoms with Gasteiger partial charge in [0.05, 0.1) is 12.3 Å². The first-order valence-electron chi connectivity index (χ1n) is 6.17. The summed E-state index contributed by atoms with van der Waals surface area (Å²) < 4.78 is 5.35. The lowest BCUT2D eigenvalue weighted by molar-refractivity contribution is 0.187. The summed E-state index contributed by atoms with van der Waals surface area (Å²) in [5.74, 6) is 0.486. The van der Waals surface area contributed by atoms with Crippen LogP contribution in [-0.4, -0.2) is 19.8 Å². The number of aryl methyl sites for hydroxylation is 1. The highest BCUT2D eigenvalue weighted by Crippen LogP contribution is 2.20. The number of nitriles is 1. The molecule has 1 aliphatic rings. The molecule has 1 heterocycles. The van der Waals surface area contributed by atoms with E-state index >= 15 is 0 Å². The lowest BCUT2D eigenvalue weighted by Crippen LogP contribution is -2.25. The van der Waals surface area contributed by atoms with Gasteiger partial charge in [-0.3, -0.25) is 4.90 Å². The van der Waals surface area contributed by atoms with Gasteiger partial charge in [0, 0.05) is 19.1 Å². The normalized spacial score (nSPS) is 18.9. The first kappa shape index (κ1) is 11.9. The Morgan fingerprint density at radius 1 is 1.53 bits per heavy atom. The van der Waals surface area contributed by atoms with Gasteiger partial charge in [-0.25, -0.2) is 0 Å². The Hall–Kier alpha value is -1.53. The zero-order valence-corrected chi connectivity index (χ0v) is 10.2. The Labute approximate surface area is 103 Å². The third-order valence-electron chi connectivity index (χ3n) is 3.22.